The number of hydrogen-bond acceptors (Lipinski definition) is 4. The molecule has 0 atom stereocenters. The molecule has 0 spiro atoms. The van der Waals surface area contributed by atoms with E-state index in [0.29, 0.717) is 15.1 Å². The molecule has 0 bridgehead atoms. The highest BCUT2D eigenvalue weighted by molar-refractivity contribution is 7.99. The highest BCUT2D eigenvalue weighted by Gasteiger charge is 2.30. The summed E-state index contributed by atoms with van der Waals surface area (Å²) in [6.45, 7) is 2.46. The van der Waals surface area contributed by atoms with Crippen molar-refractivity contribution in [3.8, 4) is 0 Å². The van der Waals surface area contributed by atoms with Gasteiger partial charge in [0.15, 0.2) is 0 Å². The van der Waals surface area contributed by atoms with E-state index in [-0.39, 0.29) is 17.7 Å². The molecule has 1 aromatic heterocycles. The molecule has 1 N–H and O–H groups in total. The summed E-state index contributed by atoms with van der Waals surface area (Å²) < 4.78 is 37.7. The number of hydrogen-bond donors (Lipinski definition) is 1. The number of amides is 1. The monoisotopic (exact) mass is 477 g/mol. The summed E-state index contributed by atoms with van der Waals surface area (Å²) in [6.07, 6.45) is -1.97. The normalized spacial score (nSPS) is 15.9. The SMILES string of the molecule is O=C(CSc1ccc(C(F)(F)F)cn1)NC1CCN(Cc2ccc(Cl)c(Cl)c2)CC1. The Balaban J connectivity index is 1.39. The van der Waals surface area contributed by atoms with Gasteiger partial charge >= 0.3 is 6.18 Å². The first-order valence-corrected chi connectivity index (χ1v) is 11.1. The van der Waals surface area contributed by atoms with E-state index >= 15 is 0 Å². The lowest BCUT2D eigenvalue weighted by Crippen LogP contribution is -2.44. The fourth-order valence-electron chi connectivity index (χ4n) is 3.17. The molecule has 2 heterocycles. The van der Waals surface area contributed by atoms with Crippen molar-refractivity contribution >= 4 is 40.9 Å². The zero-order valence-corrected chi connectivity index (χ0v) is 18.2. The largest absolute Gasteiger partial charge is 0.417 e. The van der Waals surface area contributed by atoms with Gasteiger partial charge in [-0.3, -0.25) is 9.69 Å². The Kier molecular flexibility index (Phi) is 7.90. The van der Waals surface area contributed by atoms with Crippen molar-refractivity contribution in [1.29, 1.82) is 0 Å². The topological polar surface area (TPSA) is 45.2 Å². The molecule has 0 saturated carbocycles. The highest BCUT2D eigenvalue weighted by atomic mass is 35.5. The number of benzene rings is 1. The third kappa shape index (κ3) is 6.77. The lowest BCUT2D eigenvalue weighted by molar-refractivity contribution is -0.137. The van der Waals surface area contributed by atoms with E-state index in [9.17, 15) is 18.0 Å². The number of pyridine rings is 1. The fraction of sp³-hybridized carbons (Fsp3) is 0.400. The van der Waals surface area contributed by atoms with E-state index in [1.165, 1.54) is 6.07 Å². The lowest BCUT2D eigenvalue weighted by Gasteiger charge is -2.32. The number of carbonyl (C=O) groups is 1. The van der Waals surface area contributed by atoms with Gasteiger partial charge in [-0.2, -0.15) is 13.2 Å². The summed E-state index contributed by atoms with van der Waals surface area (Å²) in [5.74, 6) is -0.0355. The minimum Gasteiger partial charge on any atom is -0.353 e. The number of piperidine rings is 1. The van der Waals surface area contributed by atoms with E-state index in [0.717, 1.165) is 62.1 Å². The molecule has 0 radical (unpaired) electrons. The van der Waals surface area contributed by atoms with E-state index in [1.807, 2.05) is 12.1 Å². The summed E-state index contributed by atoms with van der Waals surface area (Å²) in [5.41, 5.74) is 0.288. The first-order valence-electron chi connectivity index (χ1n) is 9.32. The summed E-state index contributed by atoms with van der Waals surface area (Å²) in [4.78, 5) is 18.2. The molecule has 1 amide bonds. The molecule has 3 rings (SSSR count). The van der Waals surface area contributed by atoms with Crippen LogP contribution in [0.4, 0.5) is 13.2 Å². The maximum absolute atomic E-state index is 12.6. The molecule has 162 valence electrons. The van der Waals surface area contributed by atoms with Crippen molar-refractivity contribution in [2.24, 2.45) is 0 Å². The number of nitrogens with one attached hydrogen (secondary N) is 1. The van der Waals surface area contributed by atoms with Gasteiger partial charge in [0.25, 0.3) is 0 Å². The Morgan fingerprint density at radius 3 is 2.50 bits per heavy atom. The minimum absolute atomic E-state index is 0.0868. The molecule has 1 aliphatic rings. The number of aromatic nitrogens is 1. The average Bonchev–Trinajstić information content (AvgIpc) is 2.70. The Morgan fingerprint density at radius 2 is 1.90 bits per heavy atom. The number of carbonyl (C=O) groups excluding carboxylic acids is 1. The van der Waals surface area contributed by atoms with Crippen molar-refractivity contribution in [2.45, 2.75) is 36.6 Å². The van der Waals surface area contributed by atoms with E-state index < -0.39 is 11.7 Å². The third-order valence-corrected chi connectivity index (χ3v) is 6.44. The van der Waals surface area contributed by atoms with Crippen molar-refractivity contribution in [3.05, 3.63) is 57.7 Å². The van der Waals surface area contributed by atoms with Crippen LogP contribution in [-0.4, -0.2) is 40.7 Å². The van der Waals surface area contributed by atoms with E-state index in [4.69, 9.17) is 23.2 Å². The highest BCUT2D eigenvalue weighted by Crippen LogP contribution is 2.29. The van der Waals surface area contributed by atoms with Crippen LogP contribution in [0.1, 0.15) is 24.0 Å². The van der Waals surface area contributed by atoms with Gasteiger partial charge in [0.2, 0.25) is 5.91 Å². The Hall–Kier alpha value is -1.48. The molecular weight excluding hydrogens is 458 g/mol. The first kappa shape index (κ1) is 23.2. The van der Waals surface area contributed by atoms with Crippen LogP contribution in [-0.2, 0) is 17.5 Å². The van der Waals surface area contributed by atoms with Crippen molar-refractivity contribution in [1.82, 2.24) is 15.2 Å². The molecule has 0 unspecified atom stereocenters. The van der Waals surface area contributed by atoms with E-state index in [2.05, 4.69) is 15.2 Å². The maximum Gasteiger partial charge on any atom is 0.417 e. The number of thioether (sulfide) groups is 1. The van der Waals surface area contributed by atoms with Gasteiger partial charge in [0.05, 0.1) is 26.4 Å². The molecule has 2 aromatic rings. The van der Waals surface area contributed by atoms with Crippen LogP contribution in [0, 0.1) is 0 Å². The van der Waals surface area contributed by atoms with Crippen LogP contribution in [0.25, 0.3) is 0 Å². The zero-order chi connectivity index (χ0) is 21.7. The predicted octanol–water partition coefficient (Wildman–Crippen LogP) is 5.28. The minimum atomic E-state index is -4.41. The Morgan fingerprint density at radius 1 is 1.17 bits per heavy atom. The molecule has 1 fully saturated rings. The van der Waals surface area contributed by atoms with Crippen LogP contribution >= 0.6 is 35.0 Å². The van der Waals surface area contributed by atoms with Gasteiger partial charge in [-0.15, -0.1) is 0 Å². The molecule has 30 heavy (non-hydrogen) atoms. The van der Waals surface area contributed by atoms with Crippen LogP contribution in [0.15, 0.2) is 41.6 Å². The fourth-order valence-corrected chi connectivity index (χ4v) is 4.15. The smallest absolute Gasteiger partial charge is 0.353 e. The summed E-state index contributed by atoms with van der Waals surface area (Å²) in [5, 5.41) is 4.45. The molecular formula is C20H20Cl2F3N3OS. The number of rotatable bonds is 6. The second-order valence-electron chi connectivity index (χ2n) is 7.04. The Bertz CT molecular complexity index is 873. The van der Waals surface area contributed by atoms with Gasteiger partial charge < -0.3 is 5.32 Å². The van der Waals surface area contributed by atoms with Crippen molar-refractivity contribution in [2.75, 3.05) is 18.8 Å². The number of nitrogens with zero attached hydrogens (tertiary/aromatic N) is 2. The van der Waals surface area contributed by atoms with Gasteiger partial charge in [-0.1, -0.05) is 41.0 Å². The summed E-state index contributed by atoms with van der Waals surface area (Å²) in [6, 6.07) is 7.94. The van der Waals surface area contributed by atoms with Crippen LogP contribution < -0.4 is 5.32 Å². The van der Waals surface area contributed by atoms with Crippen LogP contribution in [0.3, 0.4) is 0 Å². The molecule has 1 aliphatic heterocycles. The molecule has 10 heteroatoms. The lowest BCUT2D eigenvalue weighted by atomic mass is 10.0. The number of likely N-dealkylation sites (tertiary alicyclic amines) is 1. The third-order valence-electron chi connectivity index (χ3n) is 4.76. The Labute approximate surface area is 187 Å². The second-order valence-corrected chi connectivity index (χ2v) is 8.85. The van der Waals surface area contributed by atoms with Gasteiger partial charge in [0.1, 0.15) is 0 Å². The van der Waals surface area contributed by atoms with Gasteiger partial charge in [0, 0.05) is 31.9 Å². The zero-order valence-electron chi connectivity index (χ0n) is 15.9. The van der Waals surface area contributed by atoms with Crippen molar-refractivity contribution in [3.63, 3.8) is 0 Å². The molecule has 0 aliphatic carbocycles. The molecule has 1 aromatic carbocycles. The molecule has 1 saturated heterocycles. The second kappa shape index (κ2) is 10.2. The molecule has 4 nitrogen and oxygen atoms in total. The quantitative estimate of drug-likeness (QED) is 0.574. The van der Waals surface area contributed by atoms with Gasteiger partial charge in [-0.25, -0.2) is 4.98 Å². The van der Waals surface area contributed by atoms with Crippen LogP contribution in [0.5, 0.6) is 0 Å². The van der Waals surface area contributed by atoms with Crippen LogP contribution in [0.2, 0.25) is 10.0 Å². The van der Waals surface area contributed by atoms with E-state index in [1.54, 1.807) is 6.07 Å². The first-order chi connectivity index (χ1) is 14.2. The standard InChI is InChI=1S/C20H20Cl2F3N3OS/c21-16-3-1-13(9-17(16)22)11-28-7-5-15(6-8-28)27-18(29)12-30-19-4-2-14(10-26-19)20(23,24)25/h1-4,9-10,15H,5-8,11-12H2,(H,27,29). The van der Waals surface area contributed by atoms with Gasteiger partial charge in [-0.05, 0) is 42.7 Å². The summed E-state index contributed by atoms with van der Waals surface area (Å²) >= 11 is 13.1. The maximum atomic E-state index is 12.6. The number of halogens is 5. The average molecular weight is 478 g/mol. The predicted molar refractivity (Wildman–Crippen MR) is 113 cm³/mol. The number of alkyl halides is 3. The summed E-state index contributed by atoms with van der Waals surface area (Å²) in [7, 11) is 0. The van der Waals surface area contributed by atoms with Crippen molar-refractivity contribution < 1.29 is 18.0 Å².